The molecule has 0 unspecified atom stereocenters. The van der Waals surface area contributed by atoms with E-state index in [0.29, 0.717) is 16.7 Å². The molecule has 1 amide bonds. The number of carbonyl (C=O) groups is 1. The fourth-order valence-corrected chi connectivity index (χ4v) is 4.33. The monoisotopic (exact) mass is 513 g/mol. The number of carbonyl (C=O) groups excluding carboxylic acids is 1. The highest BCUT2D eigenvalue weighted by Gasteiger charge is 2.48. The number of aliphatic hydroxyl groups is 1. The van der Waals surface area contributed by atoms with Gasteiger partial charge in [-0.15, -0.1) is 0 Å². The molecule has 156 valence electrons. The number of aryl methyl sites for hydroxylation is 1. The van der Waals surface area contributed by atoms with Crippen molar-refractivity contribution < 1.29 is 14.3 Å². The molecule has 1 aliphatic rings. The smallest absolute Gasteiger partial charge is 0.255 e. The number of halogens is 2. The molecule has 2 aromatic rings. The SMILES string of the molecule is CC[C@H](NC)C1(O)CN(C(=O)c2cn(C)c(=O)cc2Cc2ccc(I)cc2F)C1. The van der Waals surface area contributed by atoms with Crippen LogP contribution in [0.4, 0.5) is 4.39 Å². The predicted octanol–water partition coefficient (Wildman–Crippen LogP) is 1.90. The lowest BCUT2D eigenvalue weighted by atomic mass is 9.84. The Morgan fingerprint density at radius 3 is 2.62 bits per heavy atom. The van der Waals surface area contributed by atoms with Gasteiger partial charge in [0.2, 0.25) is 0 Å². The Labute approximate surface area is 182 Å². The summed E-state index contributed by atoms with van der Waals surface area (Å²) in [7, 11) is 3.37. The Bertz CT molecular complexity index is 982. The Balaban J connectivity index is 1.88. The molecule has 0 bridgehead atoms. The van der Waals surface area contributed by atoms with Crippen molar-refractivity contribution in [1.82, 2.24) is 14.8 Å². The Morgan fingerprint density at radius 2 is 2.03 bits per heavy atom. The second kappa shape index (κ2) is 8.53. The first kappa shape index (κ1) is 21.9. The van der Waals surface area contributed by atoms with E-state index in [9.17, 15) is 19.1 Å². The summed E-state index contributed by atoms with van der Waals surface area (Å²) in [4.78, 5) is 26.8. The highest BCUT2D eigenvalue weighted by Crippen LogP contribution is 2.29. The number of rotatable bonds is 6. The minimum atomic E-state index is -0.970. The zero-order chi connectivity index (χ0) is 21.3. The highest BCUT2D eigenvalue weighted by atomic mass is 127. The lowest BCUT2D eigenvalue weighted by Crippen LogP contribution is -2.71. The van der Waals surface area contributed by atoms with Gasteiger partial charge in [0.05, 0.1) is 18.7 Å². The van der Waals surface area contributed by atoms with Crippen molar-refractivity contribution in [2.24, 2.45) is 7.05 Å². The van der Waals surface area contributed by atoms with Gasteiger partial charge in [-0.05, 0) is 59.3 Å². The first-order chi connectivity index (χ1) is 13.7. The van der Waals surface area contributed by atoms with Gasteiger partial charge in [-0.25, -0.2) is 4.39 Å². The number of likely N-dealkylation sites (N-methyl/N-ethyl adjacent to an activating group) is 1. The zero-order valence-corrected chi connectivity index (χ0v) is 18.9. The van der Waals surface area contributed by atoms with Crippen LogP contribution in [0.5, 0.6) is 0 Å². The van der Waals surface area contributed by atoms with Gasteiger partial charge in [0, 0.05) is 35.3 Å². The van der Waals surface area contributed by atoms with Crippen LogP contribution >= 0.6 is 22.6 Å². The lowest BCUT2D eigenvalue weighted by Gasteiger charge is -2.50. The average Bonchev–Trinajstić information content (AvgIpc) is 2.64. The molecular weight excluding hydrogens is 488 g/mol. The number of nitrogens with one attached hydrogen (secondary N) is 1. The van der Waals surface area contributed by atoms with Gasteiger partial charge in [0.1, 0.15) is 11.4 Å². The van der Waals surface area contributed by atoms with E-state index < -0.39 is 5.60 Å². The maximum atomic E-state index is 14.3. The van der Waals surface area contributed by atoms with Crippen molar-refractivity contribution in [1.29, 1.82) is 0 Å². The van der Waals surface area contributed by atoms with Gasteiger partial charge in [-0.1, -0.05) is 13.0 Å². The number of hydrogen-bond donors (Lipinski definition) is 2. The summed E-state index contributed by atoms with van der Waals surface area (Å²) in [5, 5.41) is 13.8. The molecule has 29 heavy (non-hydrogen) atoms. The van der Waals surface area contributed by atoms with E-state index in [1.165, 1.54) is 22.9 Å². The molecule has 6 nitrogen and oxygen atoms in total. The van der Waals surface area contributed by atoms with Gasteiger partial charge in [-0.2, -0.15) is 0 Å². The summed E-state index contributed by atoms with van der Waals surface area (Å²) >= 11 is 2.03. The molecule has 1 aromatic carbocycles. The number of likely N-dealkylation sites (tertiary alicyclic amines) is 1. The third-order valence-corrected chi connectivity index (χ3v) is 6.23. The topological polar surface area (TPSA) is 74.6 Å². The number of β-amino-alcohol motifs (C(OH)–C–C–N with tert-alkyl or cyclic N) is 1. The molecule has 1 fully saturated rings. The Kier molecular flexibility index (Phi) is 6.45. The van der Waals surface area contributed by atoms with E-state index in [4.69, 9.17) is 0 Å². The van der Waals surface area contributed by atoms with Gasteiger partial charge in [-0.3, -0.25) is 9.59 Å². The summed E-state index contributed by atoms with van der Waals surface area (Å²) in [6.07, 6.45) is 2.38. The molecular formula is C21H25FIN3O3. The van der Waals surface area contributed by atoms with Crippen molar-refractivity contribution in [2.75, 3.05) is 20.1 Å². The average molecular weight is 513 g/mol. The van der Waals surface area contributed by atoms with E-state index in [1.54, 1.807) is 31.1 Å². The zero-order valence-electron chi connectivity index (χ0n) is 16.7. The summed E-state index contributed by atoms with van der Waals surface area (Å²) in [6.45, 7) is 2.40. The number of pyridine rings is 1. The van der Waals surface area contributed by atoms with Crippen molar-refractivity contribution >= 4 is 28.5 Å². The molecule has 2 heterocycles. The van der Waals surface area contributed by atoms with Gasteiger partial charge < -0.3 is 19.9 Å². The first-order valence-corrected chi connectivity index (χ1v) is 10.6. The summed E-state index contributed by atoms with van der Waals surface area (Å²) < 4.78 is 16.4. The van der Waals surface area contributed by atoms with Crippen molar-refractivity contribution in [3.05, 3.63) is 66.9 Å². The van der Waals surface area contributed by atoms with Crippen molar-refractivity contribution in [3.63, 3.8) is 0 Å². The number of nitrogens with zero attached hydrogens (tertiary/aromatic N) is 2. The molecule has 1 saturated heterocycles. The van der Waals surface area contributed by atoms with E-state index in [2.05, 4.69) is 5.32 Å². The fourth-order valence-electron chi connectivity index (χ4n) is 3.88. The largest absolute Gasteiger partial charge is 0.385 e. The van der Waals surface area contributed by atoms with Crippen LogP contribution in [0.3, 0.4) is 0 Å². The maximum Gasteiger partial charge on any atom is 0.255 e. The van der Waals surface area contributed by atoms with Crippen molar-refractivity contribution in [3.8, 4) is 0 Å². The molecule has 0 radical (unpaired) electrons. The predicted molar refractivity (Wildman–Crippen MR) is 118 cm³/mol. The van der Waals surface area contributed by atoms with Crippen LogP contribution in [-0.4, -0.2) is 52.3 Å². The summed E-state index contributed by atoms with van der Waals surface area (Å²) in [6, 6.07) is 6.17. The molecule has 1 aliphatic heterocycles. The minimum absolute atomic E-state index is 0.105. The third-order valence-electron chi connectivity index (χ3n) is 5.56. The second-order valence-electron chi connectivity index (χ2n) is 7.59. The minimum Gasteiger partial charge on any atom is -0.385 e. The number of amides is 1. The molecule has 1 atom stereocenters. The van der Waals surface area contributed by atoms with Crippen LogP contribution in [-0.2, 0) is 13.5 Å². The van der Waals surface area contributed by atoms with Crippen LogP contribution in [0, 0.1) is 9.39 Å². The van der Waals surface area contributed by atoms with Gasteiger partial charge in [0.25, 0.3) is 11.5 Å². The maximum absolute atomic E-state index is 14.3. The van der Waals surface area contributed by atoms with Crippen LogP contribution in [0.1, 0.15) is 34.8 Å². The molecule has 0 aliphatic carbocycles. The van der Waals surface area contributed by atoms with E-state index in [0.717, 1.165) is 9.99 Å². The van der Waals surface area contributed by atoms with E-state index >= 15 is 0 Å². The summed E-state index contributed by atoms with van der Waals surface area (Å²) in [5.41, 5.74) is 0.0270. The molecule has 8 heteroatoms. The highest BCUT2D eigenvalue weighted by molar-refractivity contribution is 14.1. The van der Waals surface area contributed by atoms with Crippen LogP contribution in [0.2, 0.25) is 0 Å². The lowest BCUT2D eigenvalue weighted by molar-refractivity contribution is -0.103. The van der Waals surface area contributed by atoms with E-state index in [-0.39, 0.29) is 42.8 Å². The normalized spacial score (nSPS) is 16.4. The number of hydrogen-bond acceptors (Lipinski definition) is 4. The quantitative estimate of drug-likeness (QED) is 0.579. The number of aromatic nitrogens is 1. The molecule has 1 aromatic heterocycles. The number of benzene rings is 1. The van der Waals surface area contributed by atoms with Crippen LogP contribution in [0.25, 0.3) is 0 Å². The molecule has 3 rings (SSSR count). The van der Waals surface area contributed by atoms with Crippen LogP contribution < -0.4 is 10.9 Å². The standard InChI is InChI=1S/C21H25FIN3O3/c1-4-18(24-2)21(29)11-26(12-21)20(28)16-10-25(3)19(27)8-14(16)7-13-5-6-15(23)9-17(13)22/h5-6,8-10,18,24,29H,4,7,11-12H2,1-3H3/t18-/m0/s1. The van der Waals surface area contributed by atoms with Gasteiger partial charge >= 0.3 is 0 Å². The van der Waals surface area contributed by atoms with Gasteiger partial charge in [0.15, 0.2) is 0 Å². The molecule has 2 N–H and O–H groups in total. The van der Waals surface area contributed by atoms with Crippen LogP contribution in [0.15, 0.2) is 35.3 Å². The Hall–Kier alpha value is -1.78. The first-order valence-electron chi connectivity index (χ1n) is 9.51. The van der Waals surface area contributed by atoms with Crippen molar-refractivity contribution in [2.45, 2.75) is 31.4 Å². The summed E-state index contributed by atoms with van der Waals surface area (Å²) in [5.74, 6) is -0.633. The third kappa shape index (κ3) is 4.39. The molecule has 0 saturated carbocycles. The second-order valence-corrected chi connectivity index (χ2v) is 8.83. The Morgan fingerprint density at radius 1 is 1.34 bits per heavy atom. The fraction of sp³-hybridized carbons (Fsp3) is 0.429. The van der Waals surface area contributed by atoms with E-state index in [1.807, 2.05) is 29.5 Å². The molecule has 0 spiro atoms.